The van der Waals surface area contributed by atoms with Crippen molar-refractivity contribution < 1.29 is 9.59 Å². The molecule has 0 aliphatic carbocycles. The molecule has 124 valence electrons. The van der Waals surface area contributed by atoms with Gasteiger partial charge in [-0.25, -0.2) is 0 Å². The predicted octanol–water partition coefficient (Wildman–Crippen LogP) is 3.30. The smallest absolute Gasteiger partial charge is 0.252 e. The summed E-state index contributed by atoms with van der Waals surface area (Å²) in [5.41, 5.74) is 8.07. The predicted molar refractivity (Wildman–Crippen MR) is 97.2 cm³/mol. The van der Waals surface area contributed by atoms with Crippen LogP contribution in [0.5, 0.6) is 0 Å². The Morgan fingerprint density at radius 1 is 0.680 bits per heavy atom. The van der Waals surface area contributed by atoms with E-state index >= 15 is 0 Å². The molecule has 0 heterocycles. The first kappa shape index (κ1) is 16.5. The summed E-state index contributed by atoms with van der Waals surface area (Å²) in [6.45, 7) is 0. The van der Waals surface area contributed by atoms with Crippen LogP contribution < -0.4 is 11.1 Å². The normalized spacial score (nSPS) is 10.4. The molecule has 2 amide bonds. The zero-order valence-electron chi connectivity index (χ0n) is 13.6. The van der Waals surface area contributed by atoms with Gasteiger partial charge in [0.2, 0.25) is 5.91 Å². The van der Waals surface area contributed by atoms with Crippen molar-refractivity contribution in [2.45, 2.75) is 6.04 Å². The van der Waals surface area contributed by atoms with Gasteiger partial charge in [0, 0.05) is 11.1 Å². The van der Waals surface area contributed by atoms with Gasteiger partial charge in [0.05, 0.1) is 6.04 Å². The molecular weight excluding hydrogens is 312 g/mol. The molecule has 0 bridgehead atoms. The molecule has 25 heavy (non-hydrogen) atoms. The minimum absolute atomic E-state index is 0.214. The topological polar surface area (TPSA) is 72.2 Å². The second-order valence-corrected chi connectivity index (χ2v) is 5.67. The first-order valence-electron chi connectivity index (χ1n) is 7.96. The Kier molecular flexibility index (Phi) is 4.90. The molecule has 0 spiro atoms. The molecule has 0 aliphatic rings. The fourth-order valence-corrected chi connectivity index (χ4v) is 2.65. The van der Waals surface area contributed by atoms with E-state index in [1.54, 1.807) is 24.3 Å². The summed E-state index contributed by atoms with van der Waals surface area (Å²) in [7, 11) is 0. The van der Waals surface area contributed by atoms with Gasteiger partial charge < -0.3 is 11.1 Å². The zero-order chi connectivity index (χ0) is 17.6. The van der Waals surface area contributed by atoms with Crippen molar-refractivity contribution in [3.05, 3.63) is 107 Å². The highest BCUT2D eigenvalue weighted by Gasteiger charge is 2.17. The lowest BCUT2D eigenvalue weighted by Gasteiger charge is -2.20. The summed E-state index contributed by atoms with van der Waals surface area (Å²) < 4.78 is 0. The molecule has 0 saturated carbocycles. The van der Waals surface area contributed by atoms with Crippen LogP contribution in [0, 0.1) is 0 Å². The van der Waals surface area contributed by atoms with E-state index in [0.717, 1.165) is 11.1 Å². The van der Waals surface area contributed by atoms with Crippen LogP contribution in [0.15, 0.2) is 84.9 Å². The lowest BCUT2D eigenvalue weighted by molar-refractivity contribution is 0.0940. The Morgan fingerprint density at radius 2 is 1.12 bits per heavy atom. The first-order valence-corrected chi connectivity index (χ1v) is 7.96. The number of carbonyl (C=O) groups is 2. The van der Waals surface area contributed by atoms with E-state index in [4.69, 9.17) is 5.73 Å². The fourth-order valence-electron chi connectivity index (χ4n) is 2.65. The highest BCUT2D eigenvalue weighted by Crippen LogP contribution is 2.22. The summed E-state index contributed by atoms with van der Waals surface area (Å²) in [5, 5.41) is 3.06. The maximum Gasteiger partial charge on any atom is 0.252 e. The molecule has 4 nitrogen and oxygen atoms in total. The third-order valence-electron chi connectivity index (χ3n) is 3.97. The highest BCUT2D eigenvalue weighted by molar-refractivity contribution is 5.97. The van der Waals surface area contributed by atoms with Crippen molar-refractivity contribution in [2.75, 3.05) is 0 Å². The Balaban J connectivity index is 1.87. The Hall–Kier alpha value is -3.40. The van der Waals surface area contributed by atoms with Crippen LogP contribution in [0.4, 0.5) is 0 Å². The zero-order valence-corrected chi connectivity index (χ0v) is 13.6. The third-order valence-corrected chi connectivity index (χ3v) is 3.97. The first-order chi connectivity index (χ1) is 12.1. The Labute approximate surface area is 146 Å². The maximum atomic E-state index is 12.7. The van der Waals surface area contributed by atoms with Gasteiger partial charge in [0.1, 0.15) is 0 Å². The molecule has 3 rings (SSSR count). The van der Waals surface area contributed by atoms with Crippen molar-refractivity contribution in [3.63, 3.8) is 0 Å². The molecule has 4 heteroatoms. The van der Waals surface area contributed by atoms with Crippen LogP contribution in [0.2, 0.25) is 0 Å². The van der Waals surface area contributed by atoms with Gasteiger partial charge in [-0.15, -0.1) is 0 Å². The van der Waals surface area contributed by atoms with Gasteiger partial charge in [0.25, 0.3) is 5.91 Å². The summed E-state index contributed by atoms with van der Waals surface area (Å²) in [6.07, 6.45) is 0. The van der Waals surface area contributed by atoms with Crippen LogP contribution in [0.25, 0.3) is 0 Å². The molecule has 3 aromatic carbocycles. The monoisotopic (exact) mass is 330 g/mol. The van der Waals surface area contributed by atoms with Crippen LogP contribution in [0.3, 0.4) is 0 Å². The maximum absolute atomic E-state index is 12.7. The minimum atomic E-state index is -0.515. The lowest BCUT2D eigenvalue weighted by atomic mass is 9.98. The molecule has 0 radical (unpaired) electrons. The number of benzene rings is 3. The van der Waals surface area contributed by atoms with Crippen molar-refractivity contribution in [1.29, 1.82) is 0 Å². The molecule has 0 aliphatic heterocycles. The van der Waals surface area contributed by atoms with E-state index in [1.807, 2.05) is 60.7 Å². The number of nitrogens with two attached hydrogens (primary N) is 1. The average Bonchev–Trinajstić information content (AvgIpc) is 2.67. The van der Waals surface area contributed by atoms with Crippen LogP contribution >= 0.6 is 0 Å². The van der Waals surface area contributed by atoms with Gasteiger partial charge in [-0.05, 0) is 35.4 Å². The Morgan fingerprint density at radius 3 is 1.56 bits per heavy atom. The quantitative estimate of drug-likeness (QED) is 0.753. The van der Waals surface area contributed by atoms with Gasteiger partial charge in [0.15, 0.2) is 0 Å². The Bertz CT molecular complexity index is 820. The third kappa shape index (κ3) is 3.93. The van der Waals surface area contributed by atoms with Gasteiger partial charge >= 0.3 is 0 Å². The second-order valence-electron chi connectivity index (χ2n) is 5.67. The standard InChI is InChI=1S/C21H18N2O2/c22-20(24)17-11-13-18(14-12-17)21(25)23-19(15-7-3-1-4-8-15)16-9-5-2-6-10-16/h1-14,19H,(H2,22,24)(H,23,25). The summed E-state index contributed by atoms with van der Waals surface area (Å²) in [5.74, 6) is -0.730. The molecule has 0 atom stereocenters. The summed E-state index contributed by atoms with van der Waals surface area (Å²) >= 11 is 0. The fraction of sp³-hybridized carbons (Fsp3) is 0.0476. The van der Waals surface area contributed by atoms with Gasteiger partial charge in [-0.1, -0.05) is 60.7 Å². The number of carbonyl (C=O) groups excluding carboxylic acids is 2. The number of rotatable bonds is 5. The number of hydrogen-bond acceptors (Lipinski definition) is 2. The molecule has 3 N–H and O–H groups in total. The molecule has 0 fully saturated rings. The largest absolute Gasteiger partial charge is 0.366 e. The molecule has 0 saturated heterocycles. The van der Waals surface area contributed by atoms with Crippen molar-refractivity contribution in [2.24, 2.45) is 5.73 Å². The molecule has 3 aromatic rings. The van der Waals surface area contributed by atoms with Crippen LogP contribution in [0.1, 0.15) is 37.9 Å². The van der Waals surface area contributed by atoms with Gasteiger partial charge in [-0.2, -0.15) is 0 Å². The molecule has 0 aromatic heterocycles. The lowest BCUT2D eigenvalue weighted by Crippen LogP contribution is -2.29. The minimum Gasteiger partial charge on any atom is -0.366 e. The number of nitrogens with one attached hydrogen (secondary N) is 1. The van der Waals surface area contributed by atoms with Crippen LogP contribution in [-0.2, 0) is 0 Å². The van der Waals surface area contributed by atoms with E-state index in [2.05, 4.69) is 5.32 Å². The molecular formula is C21H18N2O2. The number of hydrogen-bond donors (Lipinski definition) is 2. The van der Waals surface area contributed by atoms with E-state index in [-0.39, 0.29) is 11.9 Å². The van der Waals surface area contributed by atoms with E-state index in [0.29, 0.717) is 11.1 Å². The van der Waals surface area contributed by atoms with Crippen molar-refractivity contribution in [3.8, 4) is 0 Å². The van der Waals surface area contributed by atoms with Crippen molar-refractivity contribution >= 4 is 11.8 Å². The second kappa shape index (κ2) is 7.45. The van der Waals surface area contributed by atoms with Crippen molar-refractivity contribution in [1.82, 2.24) is 5.32 Å². The number of primary amides is 1. The molecule has 0 unspecified atom stereocenters. The highest BCUT2D eigenvalue weighted by atomic mass is 16.2. The van der Waals surface area contributed by atoms with E-state index in [9.17, 15) is 9.59 Å². The van der Waals surface area contributed by atoms with Gasteiger partial charge in [-0.3, -0.25) is 9.59 Å². The van der Waals surface area contributed by atoms with E-state index < -0.39 is 5.91 Å². The van der Waals surface area contributed by atoms with E-state index in [1.165, 1.54) is 0 Å². The summed E-state index contributed by atoms with van der Waals surface area (Å²) in [4.78, 5) is 23.8. The average molecular weight is 330 g/mol. The number of amides is 2. The SMILES string of the molecule is NC(=O)c1ccc(C(=O)NC(c2ccccc2)c2ccccc2)cc1. The van der Waals surface area contributed by atoms with Crippen LogP contribution in [-0.4, -0.2) is 11.8 Å². The summed E-state index contributed by atoms with van der Waals surface area (Å²) in [6, 6.07) is 25.6.